The van der Waals surface area contributed by atoms with E-state index in [-0.39, 0.29) is 27.8 Å². The molecule has 0 unspecified atom stereocenters. The summed E-state index contributed by atoms with van der Waals surface area (Å²) in [5.41, 5.74) is -0.126. The summed E-state index contributed by atoms with van der Waals surface area (Å²) >= 11 is 6.04. The van der Waals surface area contributed by atoms with Gasteiger partial charge in [0.2, 0.25) is 11.1 Å². The number of rotatable bonds is 2. The average Bonchev–Trinajstić information content (AvgIpc) is 2.67. The first-order valence-electron chi connectivity index (χ1n) is 7.71. The first-order chi connectivity index (χ1) is 12.3. The lowest BCUT2D eigenvalue weighted by atomic mass is 10.1. The molecule has 0 spiro atoms. The molecule has 0 saturated carbocycles. The van der Waals surface area contributed by atoms with E-state index >= 15 is 0 Å². The topological polar surface area (TPSA) is 110 Å². The van der Waals surface area contributed by atoms with Gasteiger partial charge in [0.15, 0.2) is 5.82 Å². The van der Waals surface area contributed by atoms with Gasteiger partial charge in [0.1, 0.15) is 11.5 Å². The van der Waals surface area contributed by atoms with E-state index in [4.69, 9.17) is 11.6 Å². The number of carbonyl (C=O) groups is 2. The molecule has 2 aromatic rings. The van der Waals surface area contributed by atoms with Gasteiger partial charge in [-0.25, -0.2) is 14.9 Å². The number of fused-ring (bicyclic) bond motifs is 2. The molecule has 0 N–H and O–H groups in total. The smallest absolute Gasteiger partial charge is 0.309 e. The second-order valence-corrected chi connectivity index (χ2v) is 5.94. The van der Waals surface area contributed by atoms with Crippen LogP contribution in [0, 0.1) is 17.0 Å². The van der Waals surface area contributed by atoms with E-state index in [1.54, 1.807) is 17.0 Å². The number of anilines is 3. The second kappa shape index (κ2) is 6.34. The third-order valence-electron chi connectivity index (χ3n) is 4.09. The van der Waals surface area contributed by atoms with E-state index in [1.807, 2.05) is 6.92 Å². The highest BCUT2D eigenvalue weighted by molar-refractivity contribution is 6.32. The number of amides is 2. The van der Waals surface area contributed by atoms with E-state index in [0.717, 1.165) is 4.90 Å². The number of halogens is 1. The van der Waals surface area contributed by atoms with Crippen LogP contribution in [0.1, 0.15) is 29.8 Å². The van der Waals surface area contributed by atoms with Gasteiger partial charge in [-0.05, 0) is 26.0 Å². The minimum absolute atomic E-state index is 0.0402. The van der Waals surface area contributed by atoms with Gasteiger partial charge in [-0.3, -0.25) is 19.7 Å². The Morgan fingerprint density at radius 2 is 2.08 bits per heavy atom. The zero-order chi connectivity index (χ0) is 19.2. The molecule has 3 rings (SSSR count). The molecule has 3 heterocycles. The molecule has 2 aromatic heterocycles. The summed E-state index contributed by atoms with van der Waals surface area (Å²) in [6.45, 7) is 4.81. The molecule has 2 amide bonds. The number of nitrogens with zero attached hydrogens (tertiary/aromatic N) is 5. The first kappa shape index (κ1) is 17.7. The van der Waals surface area contributed by atoms with Gasteiger partial charge >= 0.3 is 5.69 Å². The van der Waals surface area contributed by atoms with E-state index in [0.29, 0.717) is 12.4 Å². The molecule has 0 saturated heterocycles. The summed E-state index contributed by atoms with van der Waals surface area (Å²) in [5.74, 6) is -0.742. The van der Waals surface area contributed by atoms with Gasteiger partial charge in [-0.2, -0.15) is 0 Å². The maximum absolute atomic E-state index is 13.0. The molecule has 26 heavy (non-hydrogen) atoms. The molecule has 0 aromatic carbocycles. The van der Waals surface area contributed by atoms with Gasteiger partial charge in [0.25, 0.3) is 5.91 Å². The monoisotopic (exact) mass is 375 g/mol. The van der Waals surface area contributed by atoms with Gasteiger partial charge in [0, 0.05) is 19.7 Å². The van der Waals surface area contributed by atoms with Crippen molar-refractivity contribution in [1.29, 1.82) is 0 Å². The highest BCUT2D eigenvalue weighted by atomic mass is 35.5. The minimum Gasteiger partial charge on any atom is -0.309 e. The summed E-state index contributed by atoms with van der Waals surface area (Å²) in [7, 11) is 0. The third kappa shape index (κ3) is 2.48. The average molecular weight is 376 g/mol. The lowest BCUT2D eigenvalue weighted by Crippen LogP contribution is -2.35. The summed E-state index contributed by atoms with van der Waals surface area (Å²) < 4.78 is 0. The van der Waals surface area contributed by atoms with Gasteiger partial charge in [-0.1, -0.05) is 11.6 Å². The minimum atomic E-state index is -0.680. The molecule has 0 radical (unpaired) electrons. The third-order valence-corrected chi connectivity index (χ3v) is 4.35. The maximum Gasteiger partial charge on any atom is 0.311 e. The van der Waals surface area contributed by atoms with Crippen LogP contribution in [0.3, 0.4) is 0 Å². The Morgan fingerprint density at radius 1 is 1.38 bits per heavy atom. The Morgan fingerprint density at radius 3 is 2.65 bits per heavy atom. The molecule has 1 aliphatic heterocycles. The fourth-order valence-electron chi connectivity index (χ4n) is 3.00. The Labute approximate surface area is 153 Å². The lowest BCUT2D eigenvalue weighted by Gasteiger charge is -2.24. The summed E-state index contributed by atoms with van der Waals surface area (Å²) in [6.07, 6.45) is 1.51. The molecule has 10 heteroatoms. The van der Waals surface area contributed by atoms with Crippen molar-refractivity contribution in [2.24, 2.45) is 0 Å². The normalized spacial score (nSPS) is 13.2. The van der Waals surface area contributed by atoms with Gasteiger partial charge in [0.05, 0.1) is 16.1 Å². The predicted octanol–water partition coefficient (Wildman–Crippen LogP) is 3.01. The summed E-state index contributed by atoms with van der Waals surface area (Å²) in [6, 6.07) is 3.12. The van der Waals surface area contributed by atoms with Crippen molar-refractivity contribution in [2.45, 2.75) is 20.8 Å². The van der Waals surface area contributed by atoms with Crippen molar-refractivity contribution in [1.82, 2.24) is 9.97 Å². The molecule has 0 bridgehead atoms. The van der Waals surface area contributed by atoms with Crippen molar-refractivity contribution >= 4 is 46.4 Å². The fraction of sp³-hybridized carbons (Fsp3) is 0.250. The molecule has 0 fully saturated rings. The maximum atomic E-state index is 13.0. The van der Waals surface area contributed by atoms with Crippen LogP contribution in [-0.2, 0) is 4.79 Å². The van der Waals surface area contributed by atoms with E-state index in [1.165, 1.54) is 20.0 Å². The van der Waals surface area contributed by atoms with Crippen molar-refractivity contribution in [3.05, 3.63) is 44.7 Å². The number of hydrogen-bond acceptors (Lipinski definition) is 7. The Hall–Kier alpha value is -3.07. The van der Waals surface area contributed by atoms with E-state index in [9.17, 15) is 19.7 Å². The van der Waals surface area contributed by atoms with Crippen LogP contribution >= 0.6 is 11.6 Å². The zero-order valence-electron chi connectivity index (χ0n) is 14.2. The number of pyridine rings is 2. The van der Waals surface area contributed by atoms with Crippen LogP contribution in [0.25, 0.3) is 0 Å². The quantitative estimate of drug-likeness (QED) is 0.450. The zero-order valence-corrected chi connectivity index (χ0v) is 14.9. The van der Waals surface area contributed by atoms with Gasteiger partial charge in [-0.15, -0.1) is 0 Å². The standard InChI is InChI=1S/C16H14ClN5O4/c1-4-20-14-10(6-5-7-18-14)16(24)21(9(3)23)12-8(2)11(22(25)26)13(17)19-15(12)20/h5-7H,4H2,1-3H3. The highest BCUT2D eigenvalue weighted by Crippen LogP contribution is 2.45. The molecule has 134 valence electrons. The molecular weight excluding hydrogens is 362 g/mol. The first-order valence-corrected chi connectivity index (χ1v) is 8.09. The molecule has 9 nitrogen and oxygen atoms in total. The molecule has 1 aliphatic rings. The fourth-order valence-corrected chi connectivity index (χ4v) is 3.29. The van der Waals surface area contributed by atoms with Crippen molar-refractivity contribution < 1.29 is 14.5 Å². The molecule has 0 atom stereocenters. The SMILES string of the molecule is CCN1c2ncccc2C(=O)N(C(C)=O)c2c1nc(Cl)c([N+](=O)[O-])c2C. The summed E-state index contributed by atoms with van der Waals surface area (Å²) in [4.78, 5) is 46.9. The van der Waals surface area contributed by atoms with Crippen LogP contribution in [0.15, 0.2) is 18.3 Å². The highest BCUT2D eigenvalue weighted by Gasteiger charge is 2.39. The van der Waals surface area contributed by atoms with Crippen LogP contribution < -0.4 is 9.80 Å². The molecular formula is C16H14ClN5O4. The van der Waals surface area contributed by atoms with Crippen molar-refractivity contribution in [3.8, 4) is 0 Å². The number of carbonyl (C=O) groups excluding carboxylic acids is 2. The lowest BCUT2D eigenvalue weighted by molar-refractivity contribution is -0.385. The Bertz CT molecular complexity index is 962. The predicted molar refractivity (Wildman–Crippen MR) is 95.0 cm³/mol. The number of aromatic nitrogens is 2. The summed E-state index contributed by atoms with van der Waals surface area (Å²) in [5, 5.41) is 11.1. The number of hydrogen-bond donors (Lipinski definition) is 0. The van der Waals surface area contributed by atoms with Gasteiger partial charge < -0.3 is 4.90 Å². The van der Waals surface area contributed by atoms with Crippen molar-refractivity contribution in [2.75, 3.05) is 16.3 Å². The van der Waals surface area contributed by atoms with Crippen LogP contribution in [0.5, 0.6) is 0 Å². The Balaban J connectivity index is 2.47. The van der Waals surface area contributed by atoms with Crippen LogP contribution in [-0.4, -0.2) is 33.3 Å². The Kier molecular flexibility index (Phi) is 4.33. The largest absolute Gasteiger partial charge is 0.311 e. The molecule has 0 aliphatic carbocycles. The van der Waals surface area contributed by atoms with Crippen molar-refractivity contribution in [3.63, 3.8) is 0 Å². The van der Waals surface area contributed by atoms with E-state index in [2.05, 4.69) is 9.97 Å². The number of imide groups is 1. The number of nitro groups is 1. The van der Waals surface area contributed by atoms with E-state index < -0.39 is 22.4 Å². The van der Waals surface area contributed by atoms with Crippen LogP contribution in [0.2, 0.25) is 5.15 Å². The second-order valence-electron chi connectivity index (χ2n) is 5.58. The van der Waals surface area contributed by atoms with Crippen LogP contribution in [0.4, 0.5) is 23.0 Å².